The van der Waals surface area contributed by atoms with E-state index in [0.717, 1.165) is 17.5 Å². The van der Waals surface area contributed by atoms with E-state index in [0.29, 0.717) is 25.1 Å². The number of anilines is 1. The first-order chi connectivity index (χ1) is 19.0. The number of fused-ring (bicyclic) bond motifs is 2. The lowest BCUT2D eigenvalue weighted by atomic mass is 9.66. The molecule has 204 valence electrons. The molecule has 10 nitrogen and oxygen atoms in total. The lowest BCUT2D eigenvalue weighted by molar-refractivity contribution is -0.139. The van der Waals surface area contributed by atoms with Gasteiger partial charge in [-0.3, -0.25) is 14.4 Å². The largest absolute Gasteiger partial charge is 0.396 e. The minimum atomic E-state index is -0.719. The molecule has 3 unspecified atom stereocenters. The molecule has 3 aliphatic heterocycles. The highest BCUT2D eigenvalue weighted by Crippen LogP contribution is 2.68. The second kappa shape index (κ2) is 10.3. The van der Waals surface area contributed by atoms with Crippen molar-refractivity contribution >= 4 is 46.2 Å². The fourth-order valence-electron chi connectivity index (χ4n) is 6.78. The van der Waals surface area contributed by atoms with Crippen LogP contribution in [0.2, 0.25) is 0 Å². The van der Waals surface area contributed by atoms with Gasteiger partial charge in [0.25, 0.3) is 0 Å². The highest BCUT2D eigenvalue weighted by Gasteiger charge is 2.75. The van der Waals surface area contributed by atoms with E-state index in [-0.39, 0.29) is 42.2 Å². The minimum absolute atomic E-state index is 0.0160. The second-order valence-corrected chi connectivity index (χ2v) is 12.2. The highest BCUT2D eigenvalue weighted by atomic mass is 32.2. The zero-order chi connectivity index (χ0) is 27.1. The zero-order valence-corrected chi connectivity index (χ0v) is 22.5. The number of benzene rings is 2. The number of unbranched alkanes of at least 4 members (excludes halogenated alkanes) is 1. The summed E-state index contributed by atoms with van der Waals surface area (Å²) in [5.41, 5.74) is 2.23. The first-order valence-electron chi connectivity index (χ1n) is 13.5. The number of aliphatic hydroxyl groups excluding tert-OH is 1. The summed E-state index contributed by atoms with van der Waals surface area (Å²) < 4.78 is 0.933. The third-order valence-corrected chi connectivity index (χ3v) is 10.5. The molecule has 3 saturated heterocycles. The summed E-state index contributed by atoms with van der Waals surface area (Å²) in [5.74, 6) is -1.59. The van der Waals surface area contributed by atoms with Gasteiger partial charge in [-0.1, -0.05) is 42.5 Å². The van der Waals surface area contributed by atoms with E-state index >= 15 is 0 Å². The van der Waals surface area contributed by atoms with Crippen molar-refractivity contribution in [1.82, 2.24) is 25.2 Å². The van der Waals surface area contributed by atoms with Gasteiger partial charge in [-0.25, -0.2) is 4.68 Å². The van der Waals surface area contributed by atoms with Gasteiger partial charge in [0.05, 0.1) is 22.1 Å². The molecule has 2 bridgehead atoms. The Morgan fingerprint density at radius 2 is 1.87 bits per heavy atom. The number of aromatic nitrogens is 3. The van der Waals surface area contributed by atoms with Crippen LogP contribution in [0.25, 0.3) is 11.0 Å². The van der Waals surface area contributed by atoms with E-state index in [1.54, 1.807) is 21.3 Å². The SMILES string of the molecule is CC1C[C@@H]2SC13C(C(=O)NCn1nnc4ccccc41)N(CCCCO)C(=O)[C@@H]3[C@@H]2C(=O)Nc1ccccc1. The van der Waals surface area contributed by atoms with E-state index < -0.39 is 22.6 Å². The molecule has 0 saturated carbocycles. The summed E-state index contributed by atoms with van der Waals surface area (Å²) >= 11 is 1.65. The molecule has 0 radical (unpaired) electrons. The Labute approximate surface area is 230 Å². The third kappa shape index (κ3) is 4.19. The van der Waals surface area contributed by atoms with Gasteiger partial charge in [0.1, 0.15) is 18.2 Å². The Balaban J connectivity index is 1.29. The minimum Gasteiger partial charge on any atom is -0.396 e. The quantitative estimate of drug-likeness (QED) is 0.350. The Hall–Kier alpha value is -3.44. The number of hydrogen-bond donors (Lipinski definition) is 3. The van der Waals surface area contributed by atoms with Gasteiger partial charge < -0.3 is 20.6 Å². The molecule has 4 heterocycles. The normalized spacial score (nSPS) is 29.1. The number of nitrogens with zero attached hydrogens (tertiary/aromatic N) is 4. The molecule has 6 rings (SSSR count). The number of nitrogens with one attached hydrogen (secondary N) is 2. The van der Waals surface area contributed by atoms with Crippen molar-refractivity contribution in [1.29, 1.82) is 0 Å². The Kier molecular flexibility index (Phi) is 6.80. The topological polar surface area (TPSA) is 129 Å². The summed E-state index contributed by atoms with van der Waals surface area (Å²) in [4.78, 5) is 43.3. The molecule has 3 fully saturated rings. The number of para-hydroxylation sites is 2. The molecule has 1 aromatic heterocycles. The number of hydrogen-bond acceptors (Lipinski definition) is 7. The van der Waals surface area contributed by atoms with E-state index in [9.17, 15) is 19.5 Å². The van der Waals surface area contributed by atoms with Crippen LogP contribution in [0.3, 0.4) is 0 Å². The van der Waals surface area contributed by atoms with E-state index in [4.69, 9.17) is 0 Å². The summed E-state index contributed by atoms with van der Waals surface area (Å²) in [6.45, 7) is 2.59. The van der Waals surface area contributed by atoms with Crippen LogP contribution >= 0.6 is 11.8 Å². The summed E-state index contributed by atoms with van der Waals surface area (Å²) in [7, 11) is 0. The molecule has 39 heavy (non-hydrogen) atoms. The van der Waals surface area contributed by atoms with Gasteiger partial charge in [0.2, 0.25) is 17.7 Å². The molecular weight excluding hydrogens is 516 g/mol. The summed E-state index contributed by atoms with van der Waals surface area (Å²) in [6.07, 6.45) is 1.87. The number of likely N-dealkylation sites (tertiary alicyclic amines) is 1. The molecule has 3 N–H and O–H groups in total. The maximum atomic E-state index is 14.1. The first-order valence-corrected chi connectivity index (χ1v) is 14.3. The van der Waals surface area contributed by atoms with Crippen LogP contribution in [0.4, 0.5) is 5.69 Å². The van der Waals surface area contributed by atoms with Gasteiger partial charge in [-0.05, 0) is 49.4 Å². The van der Waals surface area contributed by atoms with Crippen molar-refractivity contribution in [3.05, 3.63) is 54.6 Å². The van der Waals surface area contributed by atoms with Gasteiger partial charge in [0.15, 0.2) is 0 Å². The third-order valence-electron chi connectivity index (χ3n) is 8.47. The van der Waals surface area contributed by atoms with Crippen LogP contribution in [0.5, 0.6) is 0 Å². The van der Waals surface area contributed by atoms with E-state index in [2.05, 4.69) is 27.9 Å². The van der Waals surface area contributed by atoms with Gasteiger partial charge in [-0.15, -0.1) is 16.9 Å². The van der Waals surface area contributed by atoms with Gasteiger partial charge >= 0.3 is 0 Å². The zero-order valence-electron chi connectivity index (χ0n) is 21.7. The van der Waals surface area contributed by atoms with Crippen LogP contribution in [0, 0.1) is 17.8 Å². The summed E-state index contributed by atoms with van der Waals surface area (Å²) in [5, 5.41) is 23.7. The molecule has 3 amide bonds. The molecule has 11 heteroatoms. The van der Waals surface area contributed by atoms with Crippen molar-refractivity contribution < 1.29 is 19.5 Å². The average molecular weight is 549 g/mol. The standard InChI is InChI=1S/C28H32N6O4S/c1-17-15-21-22(25(36)30-18-9-3-2-4-10-18)23-27(38)33(13-7-8-14-35)24(28(17,23)39-21)26(37)29-16-34-20-12-6-5-11-19(20)31-32-34/h2-6,9-12,17,21-24,35H,7-8,13-16H2,1H3,(H,29,37)(H,30,36)/t17?,21-,22+,23-,24?,28?/m0/s1. The monoisotopic (exact) mass is 548 g/mol. The maximum Gasteiger partial charge on any atom is 0.245 e. The van der Waals surface area contributed by atoms with Crippen molar-refractivity contribution in [3.63, 3.8) is 0 Å². The van der Waals surface area contributed by atoms with Gasteiger partial charge in [-0.2, -0.15) is 0 Å². The first kappa shape index (κ1) is 25.8. The maximum absolute atomic E-state index is 14.1. The van der Waals surface area contributed by atoms with E-state index in [1.807, 2.05) is 54.6 Å². The Morgan fingerprint density at radius 1 is 1.10 bits per heavy atom. The van der Waals surface area contributed by atoms with Crippen molar-refractivity contribution in [2.24, 2.45) is 17.8 Å². The van der Waals surface area contributed by atoms with Gasteiger partial charge in [0, 0.05) is 24.1 Å². The predicted octanol–water partition coefficient (Wildman–Crippen LogP) is 2.25. The van der Waals surface area contributed by atoms with Crippen molar-refractivity contribution in [2.75, 3.05) is 18.5 Å². The van der Waals surface area contributed by atoms with Crippen LogP contribution in [-0.2, 0) is 21.1 Å². The molecule has 6 atom stereocenters. The van der Waals surface area contributed by atoms with Crippen LogP contribution in [-0.4, -0.2) is 71.9 Å². The van der Waals surface area contributed by atoms with Crippen LogP contribution in [0.15, 0.2) is 54.6 Å². The number of carbonyl (C=O) groups is 3. The second-order valence-electron chi connectivity index (χ2n) is 10.6. The van der Waals surface area contributed by atoms with Crippen LogP contribution in [0.1, 0.15) is 26.2 Å². The average Bonchev–Trinajstić information content (AvgIpc) is 3.66. The number of carbonyl (C=O) groups excluding carboxylic acids is 3. The smallest absolute Gasteiger partial charge is 0.245 e. The molecular formula is C28H32N6O4S. The fourth-order valence-corrected chi connectivity index (χ4v) is 9.21. The summed E-state index contributed by atoms with van der Waals surface area (Å²) in [6, 6.07) is 16.1. The predicted molar refractivity (Wildman–Crippen MR) is 147 cm³/mol. The molecule has 3 aliphatic rings. The lowest BCUT2D eigenvalue weighted by Gasteiger charge is -2.38. The number of rotatable bonds is 9. The molecule has 2 aromatic carbocycles. The lowest BCUT2D eigenvalue weighted by Crippen LogP contribution is -2.56. The number of thioether (sulfide) groups is 1. The molecule has 3 aromatic rings. The highest BCUT2D eigenvalue weighted by molar-refractivity contribution is 8.02. The molecule has 0 aliphatic carbocycles. The Bertz CT molecular complexity index is 1400. The van der Waals surface area contributed by atoms with Crippen molar-refractivity contribution in [3.8, 4) is 0 Å². The fraction of sp³-hybridized carbons (Fsp3) is 0.464. The van der Waals surface area contributed by atoms with Crippen LogP contribution < -0.4 is 10.6 Å². The van der Waals surface area contributed by atoms with E-state index in [1.165, 1.54) is 0 Å². The Morgan fingerprint density at radius 3 is 2.67 bits per heavy atom. The number of aliphatic hydroxyl groups is 1. The molecule has 1 spiro atoms. The number of amides is 3. The van der Waals surface area contributed by atoms with Crippen molar-refractivity contribution in [2.45, 2.75) is 48.9 Å².